The number of nitrogens with zero attached hydrogens (tertiary/aromatic N) is 5. The predicted octanol–water partition coefficient (Wildman–Crippen LogP) is 2.30. The Morgan fingerprint density at radius 2 is 1.97 bits per heavy atom. The molecule has 0 bridgehead atoms. The van der Waals surface area contributed by atoms with Crippen LogP contribution < -0.4 is 15.6 Å². The van der Waals surface area contributed by atoms with Gasteiger partial charge in [0.25, 0.3) is 5.56 Å². The minimum absolute atomic E-state index is 0.116. The summed E-state index contributed by atoms with van der Waals surface area (Å²) in [4.78, 5) is 29.6. The molecular formula is C22H22N6O3. The molecule has 0 aliphatic carbocycles. The Kier molecular flexibility index (Phi) is 5.48. The van der Waals surface area contributed by atoms with Crippen molar-refractivity contribution in [2.75, 3.05) is 12.4 Å². The quantitative estimate of drug-likeness (QED) is 0.515. The van der Waals surface area contributed by atoms with E-state index in [-0.39, 0.29) is 18.0 Å². The first-order valence-electron chi connectivity index (χ1n) is 9.74. The molecule has 1 amide bonds. The van der Waals surface area contributed by atoms with Gasteiger partial charge in [-0.05, 0) is 48.7 Å². The molecule has 9 nitrogen and oxygen atoms in total. The second kappa shape index (κ2) is 8.39. The molecule has 0 unspecified atom stereocenters. The van der Waals surface area contributed by atoms with E-state index in [2.05, 4.69) is 20.6 Å². The molecule has 4 aromatic rings. The summed E-state index contributed by atoms with van der Waals surface area (Å²) in [5.41, 5.74) is 3.77. The molecule has 0 spiro atoms. The summed E-state index contributed by atoms with van der Waals surface area (Å²) in [7, 11) is 1.60. The Hall–Kier alpha value is -4.01. The standard InChI is InChI=1S/C22H22N6O3/c1-14-6-4-9-18(15(14)2)24-19(29)12-27-13-23-21-20(22(27)30)25-26-28(21)11-16-7-5-8-17(10-16)31-3/h4-10,13H,11-12H2,1-3H3,(H,24,29). The average Bonchev–Trinajstić information content (AvgIpc) is 3.17. The van der Waals surface area contributed by atoms with Crippen molar-refractivity contribution in [1.82, 2.24) is 24.5 Å². The number of fused-ring (bicyclic) bond motifs is 1. The number of methoxy groups -OCH3 is 1. The van der Waals surface area contributed by atoms with E-state index in [1.165, 1.54) is 10.9 Å². The Balaban J connectivity index is 1.55. The van der Waals surface area contributed by atoms with Gasteiger partial charge in [0.05, 0.1) is 13.7 Å². The van der Waals surface area contributed by atoms with Gasteiger partial charge in [0.1, 0.15) is 18.6 Å². The van der Waals surface area contributed by atoms with Crippen LogP contribution in [0.4, 0.5) is 5.69 Å². The summed E-state index contributed by atoms with van der Waals surface area (Å²) in [6, 6.07) is 13.2. The van der Waals surface area contributed by atoms with Crippen LogP contribution in [0.2, 0.25) is 0 Å². The second-order valence-corrected chi connectivity index (χ2v) is 7.24. The highest BCUT2D eigenvalue weighted by molar-refractivity contribution is 5.91. The van der Waals surface area contributed by atoms with Gasteiger partial charge in [-0.25, -0.2) is 9.67 Å². The summed E-state index contributed by atoms with van der Waals surface area (Å²) in [6.07, 6.45) is 1.35. The van der Waals surface area contributed by atoms with Crippen LogP contribution in [0, 0.1) is 13.8 Å². The van der Waals surface area contributed by atoms with Gasteiger partial charge < -0.3 is 10.1 Å². The fourth-order valence-corrected chi connectivity index (χ4v) is 3.28. The molecule has 1 N–H and O–H groups in total. The van der Waals surface area contributed by atoms with Crippen LogP contribution in [-0.2, 0) is 17.9 Å². The SMILES string of the molecule is COc1cccc(Cn2nnc3c(=O)n(CC(=O)Nc4cccc(C)c4C)cnc32)c1. The highest BCUT2D eigenvalue weighted by atomic mass is 16.5. The first-order chi connectivity index (χ1) is 15.0. The molecule has 2 aromatic heterocycles. The molecule has 0 aliphatic heterocycles. The number of carbonyl (C=O) groups is 1. The Morgan fingerprint density at radius 3 is 2.77 bits per heavy atom. The highest BCUT2D eigenvalue weighted by Gasteiger charge is 2.15. The molecule has 0 radical (unpaired) electrons. The van der Waals surface area contributed by atoms with Crippen molar-refractivity contribution in [3.63, 3.8) is 0 Å². The number of benzene rings is 2. The van der Waals surface area contributed by atoms with E-state index in [1.54, 1.807) is 11.8 Å². The zero-order valence-corrected chi connectivity index (χ0v) is 17.5. The normalized spacial score (nSPS) is 10.9. The maximum Gasteiger partial charge on any atom is 0.283 e. The molecule has 9 heteroatoms. The molecule has 0 aliphatic rings. The first kappa shape index (κ1) is 20.3. The second-order valence-electron chi connectivity index (χ2n) is 7.24. The number of hydrogen-bond acceptors (Lipinski definition) is 6. The van der Waals surface area contributed by atoms with Crippen molar-refractivity contribution in [2.45, 2.75) is 26.9 Å². The number of carbonyl (C=O) groups excluding carboxylic acids is 1. The molecule has 0 saturated heterocycles. The summed E-state index contributed by atoms with van der Waals surface area (Å²) >= 11 is 0. The number of amides is 1. The fourth-order valence-electron chi connectivity index (χ4n) is 3.28. The van der Waals surface area contributed by atoms with Gasteiger partial charge >= 0.3 is 0 Å². The number of rotatable bonds is 6. The number of hydrogen-bond donors (Lipinski definition) is 1. The van der Waals surface area contributed by atoms with Gasteiger partial charge in [-0.15, -0.1) is 5.10 Å². The summed E-state index contributed by atoms with van der Waals surface area (Å²) in [6.45, 7) is 4.13. The van der Waals surface area contributed by atoms with Gasteiger partial charge in [-0.3, -0.25) is 14.2 Å². The van der Waals surface area contributed by atoms with Crippen LogP contribution in [0.25, 0.3) is 11.2 Å². The highest BCUT2D eigenvalue weighted by Crippen LogP contribution is 2.18. The molecule has 4 rings (SSSR count). The van der Waals surface area contributed by atoms with Crippen LogP contribution in [0.3, 0.4) is 0 Å². The summed E-state index contributed by atoms with van der Waals surface area (Å²) in [5, 5.41) is 10.9. The zero-order valence-electron chi connectivity index (χ0n) is 17.5. The Morgan fingerprint density at radius 1 is 1.16 bits per heavy atom. The van der Waals surface area contributed by atoms with E-state index < -0.39 is 5.56 Å². The van der Waals surface area contributed by atoms with Gasteiger partial charge in [0.2, 0.25) is 5.91 Å². The number of aromatic nitrogens is 5. The van der Waals surface area contributed by atoms with Gasteiger partial charge in [0, 0.05) is 5.69 Å². The third kappa shape index (κ3) is 4.16. The monoisotopic (exact) mass is 418 g/mol. The lowest BCUT2D eigenvalue weighted by molar-refractivity contribution is -0.116. The maximum atomic E-state index is 12.8. The van der Waals surface area contributed by atoms with Crippen LogP contribution in [0.1, 0.15) is 16.7 Å². The predicted molar refractivity (Wildman–Crippen MR) is 116 cm³/mol. The third-order valence-corrected chi connectivity index (χ3v) is 5.15. The lowest BCUT2D eigenvalue weighted by atomic mass is 10.1. The van der Waals surface area contributed by atoms with E-state index in [1.807, 2.05) is 56.3 Å². The number of ether oxygens (including phenoxy) is 1. The molecule has 0 saturated carbocycles. The largest absolute Gasteiger partial charge is 0.497 e. The molecule has 2 aromatic carbocycles. The van der Waals surface area contributed by atoms with Gasteiger partial charge in [-0.1, -0.05) is 29.5 Å². The van der Waals surface area contributed by atoms with Crippen LogP contribution in [0.5, 0.6) is 5.75 Å². The molecule has 2 heterocycles. The van der Waals surface area contributed by atoms with Crippen molar-refractivity contribution >= 4 is 22.8 Å². The topological polar surface area (TPSA) is 104 Å². The Labute approximate surface area is 178 Å². The third-order valence-electron chi connectivity index (χ3n) is 5.15. The van der Waals surface area contributed by atoms with Crippen LogP contribution in [0.15, 0.2) is 53.6 Å². The first-order valence-corrected chi connectivity index (χ1v) is 9.74. The maximum absolute atomic E-state index is 12.8. The minimum Gasteiger partial charge on any atom is -0.497 e. The minimum atomic E-state index is -0.419. The summed E-state index contributed by atoms with van der Waals surface area (Å²) in [5.74, 6) is 0.410. The molecule has 31 heavy (non-hydrogen) atoms. The smallest absolute Gasteiger partial charge is 0.283 e. The summed E-state index contributed by atoms with van der Waals surface area (Å²) < 4.78 is 8.01. The van der Waals surface area contributed by atoms with Crippen LogP contribution >= 0.6 is 0 Å². The Bertz CT molecular complexity index is 1320. The molecule has 0 atom stereocenters. The van der Waals surface area contributed by atoms with Crippen LogP contribution in [-0.4, -0.2) is 37.6 Å². The van der Waals surface area contributed by atoms with Crippen molar-refractivity contribution in [3.8, 4) is 5.75 Å². The van der Waals surface area contributed by atoms with E-state index in [0.717, 1.165) is 28.1 Å². The number of aryl methyl sites for hydroxylation is 1. The number of anilines is 1. The lowest BCUT2D eigenvalue weighted by Crippen LogP contribution is -2.28. The van der Waals surface area contributed by atoms with Crippen molar-refractivity contribution in [3.05, 3.63) is 75.8 Å². The fraction of sp³-hybridized carbons (Fsp3) is 0.227. The van der Waals surface area contributed by atoms with Gasteiger partial charge in [-0.2, -0.15) is 0 Å². The van der Waals surface area contributed by atoms with Crippen molar-refractivity contribution in [1.29, 1.82) is 0 Å². The van der Waals surface area contributed by atoms with E-state index >= 15 is 0 Å². The van der Waals surface area contributed by atoms with Crippen molar-refractivity contribution in [2.24, 2.45) is 0 Å². The number of nitrogens with one attached hydrogen (secondary N) is 1. The van der Waals surface area contributed by atoms with Crippen molar-refractivity contribution < 1.29 is 9.53 Å². The average molecular weight is 418 g/mol. The molecule has 158 valence electrons. The lowest BCUT2D eigenvalue weighted by Gasteiger charge is -2.11. The van der Waals surface area contributed by atoms with E-state index in [9.17, 15) is 9.59 Å². The van der Waals surface area contributed by atoms with Gasteiger partial charge in [0.15, 0.2) is 11.2 Å². The van der Waals surface area contributed by atoms with E-state index in [0.29, 0.717) is 12.2 Å². The molecular weight excluding hydrogens is 396 g/mol. The molecule has 0 fully saturated rings. The van der Waals surface area contributed by atoms with E-state index in [4.69, 9.17) is 4.74 Å². The zero-order chi connectivity index (χ0) is 22.0.